The fourth-order valence-corrected chi connectivity index (χ4v) is 4.20. The van der Waals surface area contributed by atoms with Gasteiger partial charge in [0.25, 0.3) is 0 Å². The van der Waals surface area contributed by atoms with Gasteiger partial charge in [0.2, 0.25) is 0 Å². The molecule has 0 fully saturated rings. The molecule has 0 radical (unpaired) electrons. The van der Waals surface area contributed by atoms with Gasteiger partial charge in [-0.25, -0.2) is 0 Å². The van der Waals surface area contributed by atoms with Crippen molar-refractivity contribution in [1.82, 2.24) is 0 Å². The summed E-state index contributed by atoms with van der Waals surface area (Å²) >= 11 is 0. The van der Waals surface area contributed by atoms with Gasteiger partial charge in [-0.05, 0) is 18.1 Å². The number of hydrogen-bond acceptors (Lipinski definition) is 3. The lowest BCUT2D eigenvalue weighted by atomic mass is 10.0. The molecule has 188 valence electrons. The lowest BCUT2D eigenvalue weighted by molar-refractivity contribution is -0.145. The monoisotopic (exact) mass is 466 g/mol. The summed E-state index contributed by atoms with van der Waals surface area (Å²) in [6.07, 6.45) is 18.4. The van der Waals surface area contributed by atoms with Crippen molar-refractivity contribution in [2.75, 3.05) is 6.61 Å². The Bertz CT molecular complexity index is 756. The van der Waals surface area contributed by atoms with E-state index in [1.54, 1.807) is 0 Å². The summed E-state index contributed by atoms with van der Waals surface area (Å²) in [6.45, 7) is 3.15. The van der Waals surface area contributed by atoms with Crippen LogP contribution in [0, 0.1) is 0 Å². The van der Waals surface area contributed by atoms with Gasteiger partial charge >= 0.3 is 5.97 Å². The fourth-order valence-electron chi connectivity index (χ4n) is 4.20. The first-order chi connectivity index (χ1) is 16.8. The zero-order valence-corrected chi connectivity index (χ0v) is 21.4. The molecule has 2 aromatic rings. The zero-order chi connectivity index (χ0) is 24.1. The molecular weight excluding hydrogens is 420 g/mol. The van der Waals surface area contributed by atoms with Crippen LogP contribution in [0.25, 0.3) is 0 Å². The van der Waals surface area contributed by atoms with E-state index in [-0.39, 0.29) is 12.6 Å². The largest absolute Gasteiger partial charge is 0.493 e. The Balaban J connectivity index is 1.48. The zero-order valence-electron chi connectivity index (χ0n) is 21.4. The molecule has 0 saturated heterocycles. The summed E-state index contributed by atoms with van der Waals surface area (Å²) in [7, 11) is 0. The average molecular weight is 467 g/mol. The highest BCUT2D eigenvalue weighted by atomic mass is 16.5. The first-order valence-electron chi connectivity index (χ1n) is 13.7. The second kappa shape index (κ2) is 19.1. The summed E-state index contributed by atoms with van der Waals surface area (Å²) in [6, 6.07) is 18.1. The van der Waals surface area contributed by atoms with Crippen LogP contribution >= 0.6 is 0 Å². The number of hydrogen-bond donors (Lipinski definition) is 0. The number of carbonyl (C=O) groups excluding carboxylic acids is 1. The SMILES string of the molecule is CCCCCCCCCCCCCCCC(=O)OCc1ccccc1OCCc1ccccc1. The molecule has 2 aromatic carbocycles. The Morgan fingerprint density at radius 2 is 1.24 bits per heavy atom. The van der Waals surface area contributed by atoms with Crippen LogP contribution in [0.1, 0.15) is 108 Å². The Kier molecular flexibility index (Phi) is 15.7. The van der Waals surface area contributed by atoms with E-state index in [9.17, 15) is 4.79 Å². The maximum Gasteiger partial charge on any atom is 0.306 e. The van der Waals surface area contributed by atoms with Crippen LogP contribution in [0.5, 0.6) is 5.75 Å². The summed E-state index contributed by atoms with van der Waals surface area (Å²) in [5.41, 5.74) is 2.18. The Labute approximate surface area is 208 Å². The number of carbonyl (C=O) groups is 1. The molecule has 3 nitrogen and oxygen atoms in total. The van der Waals surface area contributed by atoms with Gasteiger partial charge in [0.15, 0.2) is 0 Å². The number of esters is 1. The van der Waals surface area contributed by atoms with Crippen LogP contribution in [0.2, 0.25) is 0 Å². The van der Waals surface area contributed by atoms with Gasteiger partial charge in [-0.1, -0.05) is 133 Å². The molecule has 2 rings (SSSR count). The van der Waals surface area contributed by atoms with E-state index < -0.39 is 0 Å². The molecule has 0 amide bonds. The normalized spacial score (nSPS) is 10.9. The standard InChI is InChI=1S/C31H46O3/c1-2-3-4-5-6-7-8-9-10-11-12-13-17-24-31(32)34-27-29-22-18-19-23-30(29)33-26-25-28-20-15-14-16-21-28/h14-16,18-23H,2-13,17,24-27H2,1H3. The first kappa shape index (κ1) is 28.0. The molecule has 0 N–H and O–H groups in total. The summed E-state index contributed by atoms with van der Waals surface area (Å²) < 4.78 is 11.5. The Morgan fingerprint density at radius 1 is 0.676 bits per heavy atom. The maximum atomic E-state index is 12.2. The number of unbranched alkanes of at least 4 members (excludes halogenated alkanes) is 12. The van der Waals surface area contributed by atoms with Crippen LogP contribution in [0.3, 0.4) is 0 Å². The molecule has 34 heavy (non-hydrogen) atoms. The van der Waals surface area contributed by atoms with E-state index in [0.29, 0.717) is 13.0 Å². The second-order valence-electron chi connectivity index (χ2n) is 9.35. The highest BCUT2D eigenvalue weighted by molar-refractivity contribution is 5.69. The van der Waals surface area contributed by atoms with E-state index in [0.717, 1.165) is 30.6 Å². The molecule has 0 unspecified atom stereocenters. The van der Waals surface area contributed by atoms with Crippen molar-refractivity contribution in [2.45, 2.75) is 110 Å². The van der Waals surface area contributed by atoms with E-state index in [1.807, 2.05) is 42.5 Å². The van der Waals surface area contributed by atoms with Crippen molar-refractivity contribution in [3.8, 4) is 5.75 Å². The van der Waals surface area contributed by atoms with E-state index in [1.165, 1.54) is 76.2 Å². The van der Waals surface area contributed by atoms with E-state index >= 15 is 0 Å². The van der Waals surface area contributed by atoms with Crippen molar-refractivity contribution in [2.24, 2.45) is 0 Å². The lowest BCUT2D eigenvalue weighted by Crippen LogP contribution is -2.07. The molecule has 0 heterocycles. The van der Waals surface area contributed by atoms with Gasteiger partial charge in [0, 0.05) is 18.4 Å². The highest BCUT2D eigenvalue weighted by Gasteiger charge is 2.08. The van der Waals surface area contributed by atoms with Gasteiger partial charge < -0.3 is 9.47 Å². The third kappa shape index (κ3) is 13.4. The molecule has 0 aliphatic rings. The number of benzene rings is 2. The molecule has 0 aromatic heterocycles. The van der Waals surface area contributed by atoms with Crippen molar-refractivity contribution in [3.63, 3.8) is 0 Å². The summed E-state index contributed by atoms with van der Waals surface area (Å²) in [5, 5.41) is 0. The fraction of sp³-hybridized carbons (Fsp3) is 0.581. The van der Waals surface area contributed by atoms with E-state index in [4.69, 9.17) is 9.47 Å². The van der Waals surface area contributed by atoms with Gasteiger partial charge in [-0.15, -0.1) is 0 Å². The average Bonchev–Trinajstić information content (AvgIpc) is 2.87. The highest BCUT2D eigenvalue weighted by Crippen LogP contribution is 2.20. The van der Waals surface area contributed by atoms with Crippen LogP contribution in [0.4, 0.5) is 0 Å². The Hall–Kier alpha value is -2.29. The predicted octanol–water partition coefficient (Wildman–Crippen LogP) is 8.83. The quantitative estimate of drug-likeness (QED) is 0.144. The van der Waals surface area contributed by atoms with Crippen LogP contribution in [0.15, 0.2) is 54.6 Å². The minimum Gasteiger partial charge on any atom is -0.493 e. The number of ether oxygens (including phenoxy) is 2. The third-order valence-corrected chi connectivity index (χ3v) is 6.34. The molecular formula is C31H46O3. The molecule has 0 bridgehead atoms. The van der Waals surface area contributed by atoms with Crippen molar-refractivity contribution in [1.29, 1.82) is 0 Å². The lowest BCUT2D eigenvalue weighted by Gasteiger charge is -2.12. The third-order valence-electron chi connectivity index (χ3n) is 6.34. The molecule has 0 aliphatic carbocycles. The molecule has 0 saturated carbocycles. The van der Waals surface area contributed by atoms with Gasteiger partial charge in [-0.2, -0.15) is 0 Å². The second-order valence-corrected chi connectivity index (χ2v) is 9.35. The number of para-hydroxylation sites is 1. The topological polar surface area (TPSA) is 35.5 Å². The van der Waals surface area contributed by atoms with Crippen molar-refractivity contribution >= 4 is 5.97 Å². The summed E-state index contributed by atoms with van der Waals surface area (Å²) in [5.74, 6) is 0.689. The molecule has 0 aliphatic heterocycles. The van der Waals surface area contributed by atoms with Crippen molar-refractivity contribution < 1.29 is 14.3 Å². The predicted molar refractivity (Wildman–Crippen MR) is 142 cm³/mol. The van der Waals surface area contributed by atoms with Crippen molar-refractivity contribution in [3.05, 3.63) is 65.7 Å². The molecule has 0 spiro atoms. The summed E-state index contributed by atoms with van der Waals surface area (Å²) in [4.78, 5) is 12.2. The molecule has 3 heteroatoms. The smallest absolute Gasteiger partial charge is 0.306 e. The van der Waals surface area contributed by atoms with Crippen LogP contribution in [-0.4, -0.2) is 12.6 Å². The maximum absolute atomic E-state index is 12.2. The number of rotatable bonds is 20. The van der Waals surface area contributed by atoms with Gasteiger partial charge in [0.05, 0.1) is 6.61 Å². The van der Waals surface area contributed by atoms with Gasteiger partial charge in [-0.3, -0.25) is 4.79 Å². The first-order valence-corrected chi connectivity index (χ1v) is 13.7. The minimum absolute atomic E-state index is 0.109. The Morgan fingerprint density at radius 3 is 1.88 bits per heavy atom. The molecule has 0 atom stereocenters. The minimum atomic E-state index is -0.109. The van der Waals surface area contributed by atoms with Crippen LogP contribution in [-0.2, 0) is 22.6 Å². The van der Waals surface area contributed by atoms with Gasteiger partial charge in [0.1, 0.15) is 12.4 Å². The van der Waals surface area contributed by atoms with Crippen LogP contribution < -0.4 is 4.74 Å². The van der Waals surface area contributed by atoms with E-state index in [2.05, 4.69) is 19.1 Å².